The summed E-state index contributed by atoms with van der Waals surface area (Å²) in [6, 6.07) is 1.74. The molecule has 2 aliphatic rings. The lowest BCUT2D eigenvalue weighted by Gasteiger charge is -2.51. The number of carbonyl (C=O) groups is 2. The highest BCUT2D eigenvalue weighted by atomic mass is 16.3. The van der Waals surface area contributed by atoms with Gasteiger partial charge in [-0.1, -0.05) is 0 Å². The number of piperidine rings is 2. The number of hydrogen-bond acceptors (Lipinski definition) is 3. The maximum absolute atomic E-state index is 12.7. The Morgan fingerprint density at radius 1 is 1.36 bits per heavy atom. The summed E-state index contributed by atoms with van der Waals surface area (Å²) in [6.45, 7) is 5.99. The van der Waals surface area contributed by atoms with Crippen LogP contribution in [-0.2, 0) is 4.79 Å². The van der Waals surface area contributed by atoms with Crippen LogP contribution in [0.3, 0.4) is 0 Å². The molecule has 0 N–H and O–H groups in total. The van der Waals surface area contributed by atoms with E-state index in [1.807, 2.05) is 23.6 Å². The topological polar surface area (TPSA) is 53.8 Å². The van der Waals surface area contributed by atoms with E-state index >= 15 is 0 Å². The summed E-state index contributed by atoms with van der Waals surface area (Å²) in [6.07, 6.45) is 6.09. The van der Waals surface area contributed by atoms with Crippen molar-refractivity contribution in [2.75, 3.05) is 19.6 Å². The molecular formula is C17H24N2O3. The Kier molecular flexibility index (Phi) is 3.98. The fraction of sp³-hybridized carbons (Fsp3) is 0.647. The number of amides is 2. The highest BCUT2D eigenvalue weighted by Gasteiger charge is 2.45. The smallest absolute Gasteiger partial charge is 0.257 e. The fourth-order valence-corrected chi connectivity index (χ4v) is 4.10. The number of rotatable bonds is 2. The Balaban J connectivity index is 1.83. The van der Waals surface area contributed by atoms with E-state index in [-0.39, 0.29) is 17.4 Å². The van der Waals surface area contributed by atoms with Crippen LogP contribution in [-0.4, -0.2) is 46.8 Å². The van der Waals surface area contributed by atoms with Gasteiger partial charge in [0.25, 0.3) is 5.91 Å². The Labute approximate surface area is 131 Å². The van der Waals surface area contributed by atoms with E-state index in [4.69, 9.17) is 4.42 Å². The molecule has 1 spiro atoms. The van der Waals surface area contributed by atoms with Crippen molar-refractivity contribution in [3.63, 3.8) is 0 Å². The maximum atomic E-state index is 12.7. The van der Waals surface area contributed by atoms with Crippen molar-refractivity contribution in [1.82, 2.24) is 9.80 Å². The van der Waals surface area contributed by atoms with Crippen LogP contribution in [0.5, 0.6) is 0 Å². The summed E-state index contributed by atoms with van der Waals surface area (Å²) in [5.74, 6) is 0.929. The molecule has 1 aromatic rings. The van der Waals surface area contributed by atoms with Gasteiger partial charge in [-0.05, 0) is 45.6 Å². The van der Waals surface area contributed by atoms with Crippen LogP contribution in [0.4, 0.5) is 0 Å². The predicted octanol–water partition coefficient (Wildman–Crippen LogP) is 2.60. The van der Waals surface area contributed by atoms with E-state index < -0.39 is 0 Å². The first-order valence-corrected chi connectivity index (χ1v) is 8.21. The monoisotopic (exact) mass is 304 g/mol. The molecule has 0 saturated carbocycles. The second-order valence-corrected chi connectivity index (χ2v) is 6.44. The van der Waals surface area contributed by atoms with E-state index in [1.54, 1.807) is 12.3 Å². The average molecular weight is 304 g/mol. The first kappa shape index (κ1) is 15.1. The van der Waals surface area contributed by atoms with Gasteiger partial charge in [-0.15, -0.1) is 0 Å². The van der Waals surface area contributed by atoms with Gasteiger partial charge in [0, 0.05) is 26.1 Å². The molecule has 3 rings (SSSR count). The van der Waals surface area contributed by atoms with Crippen LogP contribution in [0.2, 0.25) is 0 Å². The molecule has 3 heterocycles. The van der Waals surface area contributed by atoms with Crippen molar-refractivity contribution < 1.29 is 14.0 Å². The SMILES string of the molecule is CCN1C(=O)CCC[C@]12CCCN(C(=O)c1ccoc1C)C2. The number of furan rings is 1. The van der Waals surface area contributed by atoms with Gasteiger partial charge in [-0.25, -0.2) is 0 Å². The van der Waals surface area contributed by atoms with Gasteiger partial charge in [-0.3, -0.25) is 9.59 Å². The van der Waals surface area contributed by atoms with Gasteiger partial charge in [-0.2, -0.15) is 0 Å². The highest BCUT2D eigenvalue weighted by Crippen LogP contribution is 2.37. The molecule has 0 radical (unpaired) electrons. The number of nitrogens with zero attached hydrogens (tertiary/aromatic N) is 2. The van der Waals surface area contributed by atoms with Crippen LogP contribution in [0.25, 0.3) is 0 Å². The largest absolute Gasteiger partial charge is 0.469 e. The Hall–Kier alpha value is -1.78. The summed E-state index contributed by atoms with van der Waals surface area (Å²) in [5.41, 5.74) is 0.484. The van der Waals surface area contributed by atoms with Crippen molar-refractivity contribution in [1.29, 1.82) is 0 Å². The highest BCUT2D eigenvalue weighted by molar-refractivity contribution is 5.95. The van der Waals surface area contributed by atoms with Gasteiger partial charge in [0.15, 0.2) is 0 Å². The molecule has 22 heavy (non-hydrogen) atoms. The Morgan fingerprint density at radius 2 is 2.14 bits per heavy atom. The minimum absolute atomic E-state index is 0.0272. The molecule has 5 nitrogen and oxygen atoms in total. The normalized spacial score (nSPS) is 25.8. The molecule has 2 aliphatic heterocycles. The predicted molar refractivity (Wildman–Crippen MR) is 82.6 cm³/mol. The van der Waals surface area contributed by atoms with Crippen LogP contribution in [0.1, 0.15) is 55.1 Å². The van der Waals surface area contributed by atoms with Gasteiger partial charge >= 0.3 is 0 Å². The molecule has 0 aromatic carbocycles. The lowest BCUT2D eigenvalue weighted by atomic mass is 9.79. The van der Waals surface area contributed by atoms with E-state index in [1.165, 1.54) is 0 Å². The standard InChI is InChI=1S/C17H24N2O3/c1-3-19-15(20)6-4-8-17(19)9-5-10-18(12-17)16(21)14-7-11-22-13(14)2/h7,11H,3-6,8-10,12H2,1-2H3/t17-/m1/s1. The molecule has 0 bridgehead atoms. The first-order chi connectivity index (χ1) is 10.6. The van der Waals surface area contributed by atoms with Crippen molar-refractivity contribution in [3.8, 4) is 0 Å². The lowest BCUT2D eigenvalue weighted by Crippen LogP contribution is -2.63. The zero-order chi connectivity index (χ0) is 15.7. The molecule has 0 unspecified atom stereocenters. The molecule has 1 atom stereocenters. The second kappa shape index (κ2) is 5.78. The van der Waals surface area contributed by atoms with E-state index in [2.05, 4.69) is 0 Å². The molecular weight excluding hydrogens is 280 g/mol. The van der Waals surface area contributed by atoms with Gasteiger partial charge in [0.05, 0.1) is 17.4 Å². The first-order valence-electron chi connectivity index (χ1n) is 8.21. The Bertz CT molecular complexity index is 576. The van der Waals surface area contributed by atoms with Crippen molar-refractivity contribution in [3.05, 3.63) is 23.7 Å². The third-order valence-electron chi connectivity index (χ3n) is 5.15. The van der Waals surface area contributed by atoms with E-state index in [0.717, 1.165) is 38.8 Å². The molecule has 2 fully saturated rings. The fourth-order valence-electron chi connectivity index (χ4n) is 4.10. The van der Waals surface area contributed by atoms with E-state index in [0.29, 0.717) is 24.3 Å². The summed E-state index contributed by atoms with van der Waals surface area (Å²) < 4.78 is 5.26. The molecule has 2 amide bonds. The minimum Gasteiger partial charge on any atom is -0.469 e. The summed E-state index contributed by atoms with van der Waals surface area (Å²) in [5, 5.41) is 0. The van der Waals surface area contributed by atoms with E-state index in [9.17, 15) is 9.59 Å². The quantitative estimate of drug-likeness (QED) is 0.844. The summed E-state index contributed by atoms with van der Waals surface area (Å²) in [4.78, 5) is 28.9. The van der Waals surface area contributed by atoms with Gasteiger partial charge < -0.3 is 14.2 Å². The number of likely N-dealkylation sites (N-methyl/N-ethyl adjacent to an activating group) is 1. The van der Waals surface area contributed by atoms with Crippen LogP contribution in [0, 0.1) is 6.92 Å². The molecule has 0 aliphatic carbocycles. The zero-order valence-corrected chi connectivity index (χ0v) is 13.4. The van der Waals surface area contributed by atoms with Crippen molar-refractivity contribution in [2.45, 2.75) is 51.5 Å². The Morgan fingerprint density at radius 3 is 2.82 bits per heavy atom. The van der Waals surface area contributed by atoms with Crippen LogP contribution >= 0.6 is 0 Å². The summed E-state index contributed by atoms with van der Waals surface area (Å²) in [7, 11) is 0. The third-order valence-corrected chi connectivity index (χ3v) is 5.15. The number of aryl methyl sites for hydroxylation is 1. The maximum Gasteiger partial charge on any atom is 0.257 e. The van der Waals surface area contributed by atoms with Crippen molar-refractivity contribution in [2.24, 2.45) is 0 Å². The number of hydrogen-bond donors (Lipinski definition) is 0. The van der Waals surface area contributed by atoms with Crippen molar-refractivity contribution >= 4 is 11.8 Å². The lowest BCUT2D eigenvalue weighted by molar-refractivity contribution is -0.144. The van der Waals surface area contributed by atoms with Crippen LogP contribution in [0.15, 0.2) is 16.7 Å². The zero-order valence-electron chi connectivity index (χ0n) is 13.4. The average Bonchev–Trinajstić information content (AvgIpc) is 2.93. The number of carbonyl (C=O) groups excluding carboxylic acids is 2. The molecule has 1 aromatic heterocycles. The molecule has 5 heteroatoms. The van der Waals surface area contributed by atoms with Crippen LogP contribution < -0.4 is 0 Å². The van der Waals surface area contributed by atoms with Gasteiger partial charge in [0.2, 0.25) is 5.91 Å². The van der Waals surface area contributed by atoms with Gasteiger partial charge in [0.1, 0.15) is 5.76 Å². The minimum atomic E-state index is -0.157. The molecule has 120 valence electrons. The number of likely N-dealkylation sites (tertiary alicyclic amines) is 2. The third kappa shape index (κ3) is 2.42. The summed E-state index contributed by atoms with van der Waals surface area (Å²) >= 11 is 0. The molecule has 2 saturated heterocycles. The second-order valence-electron chi connectivity index (χ2n) is 6.44.